The van der Waals surface area contributed by atoms with Crippen LogP contribution in [0.25, 0.3) is 11.0 Å². The molecule has 0 unspecified atom stereocenters. The van der Waals surface area contributed by atoms with Gasteiger partial charge in [0.15, 0.2) is 0 Å². The molecule has 1 aliphatic rings. The molecule has 1 amide bonds. The molecule has 2 heterocycles. The predicted molar refractivity (Wildman–Crippen MR) is 79.3 cm³/mol. The molecule has 1 saturated heterocycles. The van der Waals surface area contributed by atoms with Crippen molar-refractivity contribution >= 4 is 22.6 Å². The summed E-state index contributed by atoms with van der Waals surface area (Å²) >= 11 is 0. The van der Waals surface area contributed by atoms with Crippen LogP contribution < -0.4 is 5.73 Å². The number of nitrogens with zero attached hydrogens (tertiary/aromatic N) is 3. The van der Waals surface area contributed by atoms with E-state index in [2.05, 4.69) is 11.9 Å². The Morgan fingerprint density at radius 1 is 1.35 bits per heavy atom. The largest absolute Gasteiger partial charge is 0.399 e. The number of amides is 1. The van der Waals surface area contributed by atoms with E-state index in [1.54, 1.807) is 0 Å². The molecule has 0 atom stereocenters. The number of carbonyl (C=O) groups excluding carboxylic acids is 1. The maximum atomic E-state index is 12.3. The Labute approximate surface area is 118 Å². The molecule has 20 heavy (non-hydrogen) atoms. The van der Waals surface area contributed by atoms with Crippen LogP contribution >= 0.6 is 0 Å². The number of benzene rings is 1. The lowest BCUT2D eigenvalue weighted by atomic mass is 10.3. The second kappa shape index (κ2) is 5.15. The number of hydrogen-bond donors (Lipinski definition) is 1. The Morgan fingerprint density at radius 2 is 2.10 bits per heavy atom. The van der Waals surface area contributed by atoms with E-state index in [1.165, 1.54) is 0 Å². The van der Waals surface area contributed by atoms with E-state index in [0.717, 1.165) is 49.2 Å². The third kappa shape index (κ3) is 2.24. The highest BCUT2D eigenvalue weighted by molar-refractivity contribution is 5.83. The second-order valence-electron chi connectivity index (χ2n) is 5.30. The minimum atomic E-state index is 0.188. The van der Waals surface area contributed by atoms with Crippen molar-refractivity contribution in [3.05, 3.63) is 24.0 Å². The van der Waals surface area contributed by atoms with Crippen LogP contribution in [-0.2, 0) is 17.8 Å². The minimum Gasteiger partial charge on any atom is -0.399 e. The molecule has 2 aromatic rings. The SMILES string of the molecule is CCc1nc2cc(N)ccc2n1CC(=O)N1CCCC1. The van der Waals surface area contributed by atoms with Crippen LogP contribution in [0.5, 0.6) is 0 Å². The maximum absolute atomic E-state index is 12.3. The fourth-order valence-electron chi connectivity index (χ4n) is 2.84. The molecular formula is C15H20N4O. The zero-order valence-corrected chi connectivity index (χ0v) is 11.8. The Morgan fingerprint density at radius 3 is 2.80 bits per heavy atom. The fraction of sp³-hybridized carbons (Fsp3) is 0.467. The summed E-state index contributed by atoms with van der Waals surface area (Å²) in [6.45, 7) is 4.21. The van der Waals surface area contributed by atoms with Crippen molar-refractivity contribution < 1.29 is 4.79 Å². The van der Waals surface area contributed by atoms with E-state index in [9.17, 15) is 4.79 Å². The fourth-order valence-corrected chi connectivity index (χ4v) is 2.84. The topological polar surface area (TPSA) is 64.1 Å². The lowest BCUT2D eigenvalue weighted by Crippen LogP contribution is -2.31. The van der Waals surface area contributed by atoms with Crippen LogP contribution in [0.15, 0.2) is 18.2 Å². The second-order valence-corrected chi connectivity index (χ2v) is 5.30. The number of nitrogens with two attached hydrogens (primary N) is 1. The molecular weight excluding hydrogens is 252 g/mol. The van der Waals surface area contributed by atoms with Gasteiger partial charge in [-0.2, -0.15) is 0 Å². The number of likely N-dealkylation sites (tertiary alicyclic amines) is 1. The number of carbonyl (C=O) groups is 1. The van der Waals surface area contributed by atoms with Crippen LogP contribution in [-0.4, -0.2) is 33.4 Å². The van der Waals surface area contributed by atoms with Crippen LogP contribution in [0.3, 0.4) is 0 Å². The monoisotopic (exact) mass is 272 g/mol. The normalized spacial score (nSPS) is 15.2. The first-order valence-electron chi connectivity index (χ1n) is 7.21. The Bertz CT molecular complexity index is 641. The van der Waals surface area contributed by atoms with Crippen LogP contribution in [0.2, 0.25) is 0 Å². The zero-order chi connectivity index (χ0) is 14.1. The number of aromatic nitrogens is 2. The van der Waals surface area contributed by atoms with Gasteiger partial charge in [0.05, 0.1) is 11.0 Å². The summed E-state index contributed by atoms with van der Waals surface area (Å²) in [5.74, 6) is 1.13. The lowest BCUT2D eigenvalue weighted by Gasteiger charge is -2.16. The standard InChI is InChI=1S/C15H20N4O/c1-2-14-17-12-9-11(16)5-6-13(12)19(14)10-15(20)18-7-3-4-8-18/h5-6,9H,2-4,7-8,10,16H2,1H3. The molecule has 0 radical (unpaired) electrons. The quantitative estimate of drug-likeness (QED) is 0.867. The van der Waals surface area contributed by atoms with Gasteiger partial charge in [-0.1, -0.05) is 6.92 Å². The first kappa shape index (κ1) is 13.0. The van der Waals surface area contributed by atoms with Crippen molar-refractivity contribution in [1.82, 2.24) is 14.5 Å². The minimum absolute atomic E-state index is 0.188. The average Bonchev–Trinajstić information content (AvgIpc) is 3.06. The first-order chi connectivity index (χ1) is 9.69. The molecule has 106 valence electrons. The van der Waals surface area contributed by atoms with E-state index in [-0.39, 0.29) is 5.91 Å². The number of fused-ring (bicyclic) bond motifs is 1. The van der Waals surface area contributed by atoms with Gasteiger partial charge in [-0.05, 0) is 31.0 Å². The van der Waals surface area contributed by atoms with E-state index in [0.29, 0.717) is 12.2 Å². The van der Waals surface area contributed by atoms with E-state index in [4.69, 9.17) is 5.73 Å². The number of nitrogen functional groups attached to an aromatic ring is 1. The van der Waals surface area contributed by atoms with Crippen molar-refractivity contribution in [1.29, 1.82) is 0 Å². The number of hydrogen-bond acceptors (Lipinski definition) is 3. The molecule has 0 spiro atoms. The third-order valence-corrected chi connectivity index (χ3v) is 3.92. The summed E-state index contributed by atoms with van der Waals surface area (Å²) in [7, 11) is 0. The smallest absolute Gasteiger partial charge is 0.242 e. The highest BCUT2D eigenvalue weighted by atomic mass is 16.2. The molecule has 0 bridgehead atoms. The molecule has 1 aliphatic heterocycles. The molecule has 1 fully saturated rings. The van der Waals surface area contributed by atoms with E-state index < -0.39 is 0 Å². The summed E-state index contributed by atoms with van der Waals surface area (Å²) < 4.78 is 2.02. The van der Waals surface area contributed by atoms with Crippen LogP contribution in [0.4, 0.5) is 5.69 Å². The van der Waals surface area contributed by atoms with Gasteiger partial charge in [0, 0.05) is 25.2 Å². The van der Waals surface area contributed by atoms with Crippen molar-refractivity contribution in [3.63, 3.8) is 0 Å². The van der Waals surface area contributed by atoms with Crippen molar-refractivity contribution in [2.24, 2.45) is 0 Å². The highest BCUT2D eigenvalue weighted by Gasteiger charge is 2.20. The zero-order valence-electron chi connectivity index (χ0n) is 11.8. The predicted octanol–water partition coefficient (Wildman–Crippen LogP) is 1.80. The summed E-state index contributed by atoms with van der Waals surface area (Å²) in [5.41, 5.74) is 8.37. The Kier molecular flexibility index (Phi) is 3.34. The van der Waals surface area contributed by atoms with Gasteiger partial charge in [-0.3, -0.25) is 4.79 Å². The molecule has 1 aromatic heterocycles. The van der Waals surface area contributed by atoms with Gasteiger partial charge < -0.3 is 15.2 Å². The van der Waals surface area contributed by atoms with Crippen molar-refractivity contribution in [2.75, 3.05) is 18.8 Å². The number of imidazole rings is 1. The van der Waals surface area contributed by atoms with Crippen LogP contribution in [0, 0.1) is 0 Å². The van der Waals surface area contributed by atoms with Gasteiger partial charge in [0.2, 0.25) is 5.91 Å². The van der Waals surface area contributed by atoms with Crippen molar-refractivity contribution in [2.45, 2.75) is 32.7 Å². The molecule has 5 nitrogen and oxygen atoms in total. The lowest BCUT2D eigenvalue weighted by molar-refractivity contribution is -0.130. The maximum Gasteiger partial charge on any atom is 0.242 e. The summed E-state index contributed by atoms with van der Waals surface area (Å²) in [5, 5.41) is 0. The average molecular weight is 272 g/mol. The third-order valence-electron chi connectivity index (χ3n) is 3.92. The number of anilines is 1. The van der Waals surface area contributed by atoms with Gasteiger partial charge in [0.25, 0.3) is 0 Å². The Hall–Kier alpha value is -2.04. The van der Waals surface area contributed by atoms with Gasteiger partial charge in [-0.15, -0.1) is 0 Å². The van der Waals surface area contributed by atoms with Crippen LogP contribution in [0.1, 0.15) is 25.6 Å². The summed E-state index contributed by atoms with van der Waals surface area (Å²) in [4.78, 5) is 18.9. The molecule has 1 aromatic carbocycles. The molecule has 0 saturated carbocycles. The molecule has 5 heteroatoms. The number of aryl methyl sites for hydroxylation is 1. The molecule has 2 N–H and O–H groups in total. The van der Waals surface area contributed by atoms with Gasteiger partial charge >= 0.3 is 0 Å². The Balaban J connectivity index is 1.94. The molecule has 0 aliphatic carbocycles. The number of rotatable bonds is 3. The van der Waals surface area contributed by atoms with Crippen molar-refractivity contribution in [3.8, 4) is 0 Å². The highest BCUT2D eigenvalue weighted by Crippen LogP contribution is 2.20. The van der Waals surface area contributed by atoms with Gasteiger partial charge in [-0.25, -0.2) is 4.98 Å². The molecule has 3 rings (SSSR count). The van der Waals surface area contributed by atoms with E-state index >= 15 is 0 Å². The van der Waals surface area contributed by atoms with Gasteiger partial charge in [0.1, 0.15) is 12.4 Å². The van der Waals surface area contributed by atoms with E-state index in [1.807, 2.05) is 27.7 Å². The summed E-state index contributed by atoms with van der Waals surface area (Å²) in [6.07, 6.45) is 3.04. The summed E-state index contributed by atoms with van der Waals surface area (Å²) in [6, 6.07) is 5.68. The first-order valence-corrected chi connectivity index (χ1v) is 7.21.